The van der Waals surface area contributed by atoms with E-state index < -0.39 is 0 Å². The van der Waals surface area contributed by atoms with Crippen LogP contribution in [0, 0.1) is 6.92 Å². The summed E-state index contributed by atoms with van der Waals surface area (Å²) in [5.41, 5.74) is 14.1. The number of nitrogens with two attached hydrogens (primary N) is 2. The first-order chi connectivity index (χ1) is 13.4. The van der Waals surface area contributed by atoms with Crippen molar-refractivity contribution in [3.63, 3.8) is 0 Å². The van der Waals surface area contributed by atoms with Crippen LogP contribution in [-0.2, 0) is 0 Å². The van der Waals surface area contributed by atoms with Crippen molar-refractivity contribution in [1.29, 1.82) is 0 Å². The van der Waals surface area contributed by atoms with Crippen LogP contribution in [0.3, 0.4) is 0 Å². The molecule has 1 aromatic heterocycles. The molecular formula is C20H20BrClN4O2. The zero-order valence-electron chi connectivity index (χ0n) is 15.3. The van der Waals surface area contributed by atoms with Gasteiger partial charge in [0, 0.05) is 11.4 Å². The molecule has 0 bridgehead atoms. The van der Waals surface area contributed by atoms with Gasteiger partial charge in [-0.25, -0.2) is 4.98 Å². The third kappa shape index (κ3) is 5.05. The van der Waals surface area contributed by atoms with Gasteiger partial charge < -0.3 is 20.9 Å². The van der Waals surface area contributed by atoms with Gasteiger partial charge in [0.2, 0.25) is 5.95 Å². The highest BCUT2D eigenvalue weighted by Gasteiger charge is 2.09. The number of anilines is 2. The van der Waals surface area contributed by atoms with E-state index in [1.54, 1.807) is 6.92 Å². The van der Waals surface area contributed by atoms with Gasteiger partial charge in [-0.05, 0) is 58.2 Å². The molecule has 3 aromatic rings. The fraction of sp³-hybridized carbons (Fsp3) is 0.200. The van der Waals surface area contributed by atoms with Crippen LogP contribution in [0.1, 0.15) is 12.1 Å². The molecule has 0 aliphatic carbocycles. The van der Waals surface area contributed by atoms with Crippen molar-refractivity contribution < 1.29 is 9.47 Å². The third-order valence-electron chi connectivity index (χ3n) is 3.98. The second kappa shape index (κ2) is 9.12. The number of nitrogens with zero attached hydrogens (tertiary/aromatic N) is 2. The molecule has 8 heteroatoms. The molecule has 146 valence electrons. The lowest BCUT2D eigenvalue weighted by molar-refractivity contribution is 0.245. The van der Waals surface area contributed by atoms with Crippen molar-refractivity contribution in [1.82, 2.24) is 9.97 Å². The minimum absolute atomic E-state index is 0.137. The van der Waals surface area contributed by atoms with Crippen molar-refractivity contribution in [2.75, 3.05) is 24.7 Å². The Bertz CT molecular complexity index is 944. The van der Waals surface area contributed by atoms with Gasteiger partial charge in [-0.1, -0.05) is 29.8 Å². The van der Waals surface area contributed by atoms with E-state index in [4.69, 9.17) is 32.5 Å². The smallest absolute Gasteiger partial charge is 0.222 e. The summed E-state index contributed by atoms with van der Waals surface area (Å²) in [4.78, 5) is 7.95. The van der Waals surface area contributed by atoms with Gasteiger partial charge in [-0.2, -0.15) is 4.98 Å². The van der Waals surface area contributed by atoms with Crippen molar-refractivity contribution in [2.24, 2.45) is 0 Å². The highest BCUT2D eigenvalue weighted by molar-refractivity contribution is 9.10. The van der Waals surface area contributed by atoms with Gasteiger partial charge in [0.25, 0.3) is 0 Å². The highest BCUT2D eigenvalue weighted by atomic mass is 79.9. The third-order valence-corrected chi connectivity index (χ3v) is 4.85. The fourth-order valence-electron chi connectivity index (χ4n) is 2.64. The van der Waals surface area contributed by atoms with E-state index in [2.05, 4.69) is 25.9 Å². The molecule has 6 nitrogen and oxygen atoms in total. The van der Waals surface area contributed by atoms with Crippen LogP contribution < -0.4 is 20.9 Å². The molecule has 0 aliphatic heterocycles. The monoisotopic (exact) mass is 462 g/mol. The molecule has 4 N–H and O–H groups in total. The summed E-state index contributed by atoms with van der Waals surface area (Å²) >= 11 is 9.51. The van der Waals surface area contributed by atoms with Crippen molar-refractivity contribution >= 4 is 39.3 Å². The summed E-state index contributed by atoms with van der Waals surface area (Å²) < 4.78 is 12.4. The van der Waals surface area contributed by atoms with Gasteiger partial charge in [0.15, 0.2) is 11.6 Å². The molecule has 0 saturated heterocycles. The van der Waals surface area contributed by atoms with E-state index in [1.165, 1.54) is 0 Å². The summed E-state index contributed by atoms with van der Waals surface area (Å²) in [6.07, 6.45) is 0.675. The van der Waals surface area contributed by atoms with E-state index in [1.807, 2.05) is 42.5 Å². The van der Waals surface area contributed by atoms with Crippen molar-refractivity contribution in [2.45, 2.75) is 13.3 Å². The maximum absolute atomic E-state index is 5.94. The zero-order valence-corrected chi connectivity index (χ0v) is 17.6. The summed E-state index contributed by atoms with van der Waals surface area (Å²) in [7, 11) is 0. The number of benzene rings is 2. The number of halogens is 2. The van der Waals surface area contributed by atoms with Crippen LogP contribution >= 0.6 is 27.5 Å². The minimum atomic E-state index is 0.137. The standard InChI is InChI=1S/C20H20BrClN4O2/c1-12-18(19(23)26-20(24)25-12)28-10-2-9-27-17-8-5-14(11-16(17)21)13-3-6-15(22)7-4-13/h3-8,11H,2,9-10H2,1H3,(H4,23,24,25,26). The van der Waals surface area contributed by atoms with Gasteiger partial charge in [-0.15, -0.1) is 0 Å². The van der Waals surface area contributed by atoms with Gasteiger partial charge in [0.05, 0.1) is 23.4 Å². The molecule has 2 aromatic carbocycles. The Morgan fingerprint density at radius 2 is 1.64 bits per heavy atom. The van der Waals surface area contributed by atoms with Crippen LogP contribution in [0.25, 0.3) is 11.1 Å². The number of hydrogen-bond acceptors (Lipinski definition) is 6. The first-order valence-electron chi connectivity index (χ1n) is 8.64. The number of ether oxygens (including phenoxy) is 2. The Kier molecular flexibility index (Phi) is 6.59. The Labute approximate surface area is 177 Å². The Hall–Kier alpha value is -2.51. The molecule has 1 heterocycles. The molecule has 0 atom stereocenters. The molecule has 0 aliphatic rings. The van der Waals surface area contributed by atoms with Crippen LogP contribution in [0.15, 0.2) is 46.9 Å². The van der Waals surface area contributed by atoms with Crippen LogP contribution in [0.2, 0.25) is 5.02 Å². The number of hydrogen-bond donors (Lipinski definition) is 2. The first kappa shape index (κ1) is 20.2. The summed E-state index contributed by atoms with van der Waals surface area (Å²) in [5.74, 6) is 1.61. The topological polar surface area (TPSA) is 96.3 Å². The molecule has 3 rings (SSSR count). The van der Waals surface area contributed by atoms with E-state index >= 15 is 0 Å². The second-order valence-electron chi connectivity index (χ2n) is 6.08. The molecule has 0 spiro atoms. The van der Waals surface area contributed by atoms with Crippen molar-refractivity contribution in [3.8, 4) is 22.6 Å². The van der Waals surface area contributed by atoms with Crippen LogP contribution in [-0.4, -0.2) is 23.2 Å². The SMILES string of the molecule is Cc1nc(N)nc(N)c1OCCCOc1ccc(-c2ccc(Cl)cc2)cc1Br. The molecule has 0 saturated carbocycles. The van der Waals surface area contributed by atoms with Crippen LogP contribution in [0.4, 0.5) is 11.8 Å². The summed E-state index contributed by atoms with van der Waals surface area (Å²) in [5, 5.41) is 0.715. The summed E-state index contributed by atoms with van der Waals surface area (Å²) in [6, 6.07) is 13.7. The predicted octanol–water partition coefficient (Wildman–Crippen LogP) is 4.88. The maximum atomic E-state index is 5.94. The minimum Gasteiger partial charge on any atom is -0.492 e. The quantitative estimate of drug-likeness (QED) is 0.485. The first-order valence-corrected chi connectivity index (χ1v) is 9.82. The lowest BCUT2D eigenvalue weighted by atomic mass is 10.1. The maximum Gasteiger partial charge on any atom is 0.222 e. The Morgan fingerprint density at radius 1 is 0.964 bits per heavy atom. The van der Waals surface area contributed by atoms with E-state index in [0.29, 0.717) is 36.1 Å². The van der Waals surface area contributed by atoms with Crippen LogP contribution in [0.5, 0.6) is 11.5 Å². The lowest BCUT2D eigenvalue weighted by Gasteiger charge is -2.12. The predicted molar refractivity (Wildman–Crippen MR) is 116 cm³/mol. The summed E-state index contributed by atoms with van der Waals surface area (Å²) in [6.45, 7) is 2.70. The molecule has 0 amide bonds. The fourth-order valence-corrected chi connectivity index (χ4v) is 3.26. The number of rotatable bonds is 7. The normalized spacial score (nSPS) is 10.7. The van der Waals surface area contributed by atoms with Gasteiger partial charge >= 0.3 is 0 Å². The van der Waals surface area contributed by atoms with Gasteiger partial charge in [0.1, 0.15) is 5.75 Å². The number of nitrogen functional groups attached to an aromatic ring is 2. The number of aromatic nitrogens is 2. The average Bonchev–Trinajstić information content (AvgIpc) is 2.65. The lowest BCUT2D eigenvalue weighted by Crippen LogP contribution is -2.10. The van der Waals surface area contributed by atoms with Gasteiger partial charge in [-0.3, -0.25) is 0 Å². The van der Waals surface area contributed by atoms with Crippen molar-refractivity contribution in [3.05, 3.63) is 57.7 Å². The Balaban J connectivity index is 1.52. The molecule has 28 heavy (non-hydrogen) atoms. The highest BCUT2D eigenvalue weighted by Crippen LogP contribution is 2.31. The molecule has 0 fully saturated rings. The molecule has 0 unspecified atom stereocenters. The molecule has 0 radical (unpaired) electrons. The number of aryl methyl sites for hydroxylation is 1. The van der Waals surface area contributed by atoms with E-state index in [0.717, 1.165) is 21.3 Å². The largest absolute Gasteiger partial charge is 0.492 e. The zero-order chi connectivity index (χ0) is 20.1. The van der Waals surface area contributed by atoms with E-state index in [-0.39, 0.29) is 11.8 Å². The second-order valence-corrected chi connectivity index (χ2v) is 7.37. The Morgan fingerprint density at radius 3 is 2.32 bits per heavy atom. The average molecular weight is 464 g/mol. The van der Waals surface area contributed by atoms with E-state index in [9.17, 15) is 0 Å². The molecular weight excluding hydrogens is 444 g/mol.